The highest BCUT2D eigenvalue weighted by molar-refractivity contribution is 5.94. The molecule has 2 aromatic rings. The molecule has 0 heterocycles. The topological polar surface area (TPSA) is 111 Å². The molecule has 1 unspecified atom stereocenters. The monoisotopic (exact) mass is 357 g/mol. The normalized spacial score (nSPS) is 11.3. The van der Waals surface area contributed by atoms with Crippen LogP contribution in [0.15, 0.2) is 48.5 Å². The van der Waals surface area contributed by atoms with Crippen LogP contribution in [0.2, 0.25) is 0 Å². The minimum atomic E-state index is -0.929. The van der Waals surface area contributed by atoms with Crippen molar-refractivity contribution in [3.8, 4) is 5.75 Å². The van der Waals surface area contributed by atoms with Gasteiger partial charge in [-0.2, -0.15) is 0 Å². The van der Waals surface area contributed by atoms with Crippen molar-refractivity contribution in [1.29, 1.82) is 0 Å². The Bertz CT molecular complexity index is 805. The summed E-state index contributed by atoms with van der Waals surface area (Å²) >= 11 is 0. The highest BCUT2D eigenvalue weighted by Gasteiger charge is 2.20. The number of carbonyl (C=O) groups excluding carboxylic acids is 2. The average molecular weight is 357 g/mol. The van der Waals surface area contributed by atoms with E-state index in [2.05, 4.69) is 10.6 Å². The molecule has 0 bridgehead atoms. The first-order valence-corrected chi connectivity index (χ1v) is 7.91. The van der Waals surface area contributed by atoms with E-state index in [-0.39, 0.29) is 23.8 Å². The Hall–Kier alpha value is -3.42. The predicted octanol–water partition coefficient (Wildman–Crippen LogP) is 2.29. The van der Waals surface area contributed by atoms with Gasteiger partial charge in [0.05, 0.1) is 11.3 Å². The fourth-order valence-electron chi connectivity index (χ4n) is 2.18. The Morgan fingerprint density at radius 2 is 1.81 bits per heavy atom. The number of benzene rings is 2. The van der Waals surface area contributed by atoms with Crippen molar-refractivity contribution in [2.45, 2.75) is 19.4 Å². The van der Waals surface area contributed by atoms with Crippen LogP contribution in [0.25, 0.3) is 0 Å². The van der Waals surface area contributed by atoms with Crippen LogP contribution in [0.5, 0.6) is 5.75 Å². The summed E-state index contributed by atoms with van der Waals surface area (Å²) in [6.45, 7) is 1.51. The van der Waals surface area contributed by atoms with Crippen LogP contribution >= 0.6 is 0 Å². The van der Waals surface area contributed by atoms with Crippen LogP contribution in [-0.4, -0.2) is 29.9 Å². The lowest BCUT2D eigenvalue weighted by Crippen LogP contribution is -2.30. The number of nitro benzene ring substituents is 1. The van der Waals surface area contributed by atoms with Gasteiger partial charge < -0.3 is 15.4 Å². The van der Waals surface area contributed by atoms with Gasteiger partial charge in [0.15, 0.2) is 11.9 Å². The molecule has 1 atom stereocenters. The van der Waals surface area contributed by atoms with Crippen molar-refractivity contribution < 1.29 is 19.2 Å². The zero-order chi connectivity index (χ0) is 19.1. The Balaban J connectivity index is 1.99. The number of amides is 2. The van der Waals surface area contributed by atoms with Crippen LogP contribution < -0.4 is 15.4 Å². The minimum absolute atomic E-state index is 0.0288. The van der Waals surface area contributed by atoms with Gasteiger partial charge in [0.1, 0.15) is 0 Å². The summed E-state index contributed by atoms with van der Waals surface area (Å²) in [5.74, 6) is -0.517. The van der Waals surface area contributed by atoms with Crippen LogP contribution in [0, 0.1) is 10.1 Å². The van der Waals surface area contributed by atoms with E-state index in [4.69, 9.17) is 4.74 Å². The Morgan fingerprint density at radius 3 is 2.42 bits per heavy atom. The second-order valence-electron chi connectivity index (χ2n) is 5.52. The summed E-state index contributed by atoms with van der Waals surface area (Å²) in [5, 5.41) is 16.2. The zero-order valence-electron chi connectivity index (χ0n) is 14.4. The van der Waals surface area contributed by atoms with E-state index in [1.54, 1.807) is 37.4 Å². The van der Waals surface area contributed by atoms with Crippen LogP contribution in [-0.2, 0) is 16.0 Å². The van der Waals surface area contributed by atoms with E-state index in [0.29, 0.717) is 5.69 Å². The van der Waals surface area contributed by atoms with Gasteiger partial charge in [0.2, 0.25) is 5.91 Å². The van der Waals surface area contributed by atoms with E-state index in [1.807, 2.05) is 0 Å². The fourth-order valence-corrected chi connectivity index (χ4v) is 2.18. The summed E-state index contributed by atoms with van der Waals surface area (Å²) in [6, 6.07) is 12.7. The maximum Gasteiger partial charge on any atom is 0.310 e. The molecule has 2 amide bonds. The van der Waals surface area contributed by atoms with Gasteiger partial charge in [-0.1, -0.05) is 24.3 Å². The highest BCUT2D eigenvalue weighted by atomic mass is 16.6. The van der Waals surface area contributed by atoms with Crippen molar-refractivity contribution in [2.75, 3.05) is 12.4 Å². The van der Waals surface area contributed by atoms with Crippen molar-refractivity contribution in [3.63, 3.8) is 0 Å². The molecule has 136 valence electrons. The van der Waals surface area contributed by atoms with Crippen LogP contribution in [0.4, 0.5) is 11.4 Å². The summed E-state index contributed by atoms with van der Waals surface area (Å²) in [4.78, 5) is 34.0. The maximum absolute atomic E-state index is 12.2. The molecule has 0 radical (unpaired) electrons. The SMILES string of the molecule is CNC(=O)Cc1ccc(NC(=O)C(C)Oc2ccccc2[N+](=O)[O-])cc1. The quantitative estimate of drug-likeness (QED) is 0.583. The molecule has 8 heteroatoms. The molecular weight excluding hydrogens is 338 g/mol. The standard InChI is InChI=1S/C18H19N3O5/c1-12(26-16-6-4-3-5-15(16)21(24)25)18(23)20-14-9-7-13(8-10-14)11-17(22)19-2/h3-10,12H,11H2,1-2H3,(H,19,22)(H,20,23). The molecule has 2 N–H and O–H groups in total. The summed E-state index contributed by atoms with van der Waals surface area (Å²) < 4.78 is 5.43. The third-order valence-electron chi connectivity index (χ3n) is 3.60. The molecule has 0 saturated heterocycles. The number of hydrogen-bond acceptors (Lipinski definition) is 5. The predicted molar refractivity (Wildman–Crippen MR) is 96.0 cm³/mol. The number of anilines is 1. The summed E-state index contributed by atoms with van der Waals surface area (Å²) in [6.07, 6.45) is -0.677. The largest absolute Gasteiger partial charge is 0.474 e. The van der Waals surface area contributed by atoms with Gasteiger partial charge in [0.25, 0.3) is 5.91 Å². The molecule has 26 heavy (non-hydrogen) atoms. The minimum Gasteiger partial charge on any atom is -0.474 e. The maximum atomic E-state index is 12.2. The number of nitrogens with zero attached hydrogens (tertiary/aromatic N) is 1. The first-order valence-electron chi connectivity index (χ1n) is 7.91. The van der Waals surface area contributed by atoms with Gasteiger partial charge in [-0.25, -0.2) is 0 Å². The number of hydrogen-bond donors (Lipinski definition) is 2. The Morgan fingerprint density at radius 1 is 1.15 bits per heavy atom. The lowest BCUT2D eigenvalue weighted by atomic mass is 10.1. The molecule has 0 aliphatic carbocycles. The number of rotatable bonds is 7. The van der Waals surface area contributed by atoms with E-state index in [1.165, 1.54) is 25.1 Å². The summed E-state index contributed by atoms with van der Waals surface area (Å²) in [7, 11) is 1.56. The number of ether oxygens (including phenoxy) is 1. The molecule has 2 aromatic carbocycles. The third-order valence-corrected chi connectivity index (χ3v) is 3.60. The van der Waals surface area contributed by atoms with Crippen molar-refractivity contribution in [2.24, 2.45) is 0 Å². The molecular formula is C18H19N3O5. The number of para-hydroxylation sites is 2. The Kier molecular flexibility index (Phi) is 6.26. The average Bonchev–Trinajstić information content (AvgIpc) is 2.63. The first-order chi connectivity index (χ1) is 12.4. The second kappa shape index (κ2) is 8.61. The number of carbonyl (C=O) groups is 2. The molecule has 2 rings (SSSR count). The van der Waals surface area contributed by atoms with Gasteiger partial charge in [0, 0.05) is 18.8 Å². The van der Waals surface area contributed by atoms with Gasteiger partial charge in [-0.05, 0) is 30.7 Å². The van der Waals surface area contributed by atoms with Crippen molar-refractivity contribution >= 4 is 23.2 Å². The highest BCUT2D eigenvalue weighted by Crippen LogP contribution is 2.27. The number of nitro groups is 1. The Labute approximate surface area is 150 Å². The fraction of sp³-hybridized carbons (Fsp3) is 0.222. The summed E-state index contributed by atoms with van der Waals surface area (Å²) in [5.41, 5.74) is 1.14. The third kappa shape index (κ3) is 5.04. The smallest absolute Gasteiger partial charge is 0.310 e. The molecule has 0 saturated carbocycles. The molecule has 0 aromatic heterocycles. The lowest BCUT2D eigenvalue weighted by molar-refractivity contribution is -0.386. The van der Waals surface area contributed by atoms with Crippen LogP contribution in [0.1, 0.15) is 12.5 Å². The van der Waals surface area contributed by atoms with E-state index in [9.17, 15) is 19.7 Å². The first kappa shape index (κ1) is 18.9. The van der Waals surface area contributed by atoms with Crippen LogP contribution in [0.3, 0.4) is 0 Å². The molecule has 0 aliphatic rings. The second-order valence-corrected chi connectivity index (χ2v) is 5.52. The molecule has 0 aliphatic heterocycles. The molecule has 8 nitrogen and oxygen atoms in total. The molecule has 0 spiro atoms. The van der Waals surface area contributed by atoms with E-state index in [0.717, 1.165) is 5.56 Å². The number of likely N-dealkylation sites (N-methyl/N-ethyl adjacent to an activating group) is 1. The lowest BCUT2D eigenvalue weighted by Gasteiger charge is -2.15. The van der Waals surface area contributed by atoms with E-state index < -0.39 is 16.9 Å². The van der Waals surface area contributed by atoms with Crippen molar-refractivity contribution in [3.05, 3.63) is 64.2 Å². The number of nitrogens with one attached hydrogen (secondary N) is 2. The molecule has 0 fully saturated rings. The van der Waals surface area contributed by atoms with Gasteiger partial charge in [-0.3, -0.25) is 19.7 Å². The zero-order valence-corrected chi connectivity index (χ0v) is 14.4. The van der Waals surface area contributed by atoms with E-state index >= 15 is 0 Å². The van der Waals surface area contributed by atoms with Crippen molar-refractivity contribution in [1.82, 2.24) is 5.32 Å². The van der Waals surface area contributed by atoms with Gasteiger partial charge >= 0.3 is 5.69 Å². The van der Waals surface area contributed by atoms with Gasteiger partial charge in [-0.15, -0.1) is 0 Å².